The van der Waals surface area contributed by atoms with Crippen molar-refractivity contribution in [2.24, 2.45) is 0 Å². The molecule has 0 amide bonds. The minimum Gasteiger partial charge on any atom is -0.351 e. The van der Waals surface area contributed by atoms with Gasteiger partial charge in [-0.05, 0) is 50.0 Å². The molecule has 0 saturated heterocycles. The number of hydrogen-bond donors (Lipinski definition) is 1. The first-order chi connectivity index (χ1) is 15.0. The van der Waals surface area contributed by atoms with Crippen molar-refractivity contribution in [1.29, 1.82) is 0 Å². The highest BCUT2D eigenvalue weighted by atomic mass is 32.1. The van der Waals surface area contributed by atoms with Gasteiger partial charge in [-0.3, -0.25) is 0 Å². The summed E-state index contributed by atoms with van der Waals surface area (Å²) < 4.78 is 5.79. The van der Waals surface area contributed by atoms with Crippen LogP contribution >= 0.6 is 12.2 Å². The highest BCUT2D eigenvalue weighted by molar-refractivity contribution is 7.80. The van der Waals surface area contributed by atoms with Crippen LogP contribution < -0.4 is 5.32 Å². The minimum absolute atomic E-state index is 0.141. The van der Waals surface area contributed by atoms with E-state index in [2.05, 4.69) is 79.5 Å². The molecule has 3 aromatic rings. The molecule has 2 aromatic carbocycles. The van der Waals surface area contributed by atoms with E-state index in [1.807, 2.05) is 12.1 Å². The Morgan fingerprint density at radius 2 is 1.74 bits per heavy atom. The van der Waals surface area contributed by atoms with Crippen LogP contribution in [0.15, 0.2) is 58.8 Å². The summed E-state index contributed by atoms with van der Waals surface area (Å²) in [5.41, 5.74) is 6.58. The zero-order valence-electron chi connectivity index (χ0n) is 18.5. The fourth-order valence-electron chi connectivity index (χ4n) is 3.90. The summed E-state index contributed by atoms with van der Waals surface area (Å²) >= 11 is 5.71. The Kier molecular flexibility index (Phi) is 6.18. The van der Waals surface area contributed by atoms with E-state index in [0.29, 0.717) is 11.7 Å². The highest BCUT2D eigenvalue weighted by Crippen LogP contribution is 2.37. The Bertz CT molecular complexity index is 1100. The molecule has 4 rings (SSSR count). The molecule has 1 N–H and O–H groups in total. The largest absolute Gasteiger partial charge is 0.351 e. The van der Waals surface area contributed by atoms with Crippen LogP contribution in [0.2, 0.25) is 0 Å². The third-order valence-electron chi connectivity index (χ3n) is 5.73. The molecule has 0 fully saturated rings. The summed E-state index contributed by atoms with van der Waals surface area (Å²) in [6, 6.07) is 16.6. The molecule has 0 bridgehead atoms. The first-order valence-electron chi connectivity index (χ1n) is 10.8. The van der Waals surface area contributed by atoms with Crippen LogP contribution in [0.25, 0.3) is 17.0 Å². The summed E-state index contributed by atoms with van der Waals surface area (Å²) in [5.74, 6) is 1.11. The summed E-state index contributed by atoms with van der Waals surface area (Å²) in [4.78, 5) is 6.89. The predicted octanol–water partition coefficient (Wildman–Crippen LogP) is 5.68. The second-order valence-corrected chi connectivity index (χ2v) is 8.30. The van der Waals surface area contributed by atoms with Crippen LogP contribution in [0.3, 0.4) is 0 Å². The SMILES string of the molecule is CCCN1C(=S)NC(c2ccc(CC)cc2)C(c2nc(-c3ccc(C)cc3)no2)=C1C. The van der Waals surface area contributed by atoms with E-state index < -0.39 is 0 Å². The van der Waals surface area contributed by atoms with Gasteiger partial charge in [0.1, 0.15) is 0 Å². The van der Waals surface area contributed by atoms with E-state index in [0.717, 1.165) is 46.9 Å². The number of nitrogens with one attached hydrogen (secondary N) is 1. The molecule has 1 aromatic heterocycles. The van der Waals surface area contributed by atoms with Crippen molar-refractivity contribution in [2.45, 2.75) is 46.6 Å². The van der Waals surface area contributed by atoms with Crippen molar-refractivity contribution in [3.05, 3.63) is 76.8 Å². The van der Waals surface area contributed by atoms with Crippen LogP contribution in [-0.2, 0) is 6.42 Å². The average Bonchev–Trinajstić information content (AvgIpc) is 3.26. The van der Waals surface area contributed by atoms with Gasteiger partial charge in [-0.25, -0.2) is 0 Å². The van der Waals surface area contributed by atoms with Crippen LogP contribution in [0.5, 0.6) is 0 Å². The molecular formula is C25H28N4OS. The Hall–Kier alpha value is -2.99. The summed E-state index contributed by atoms with van der Waals surface area (Å²) in [7, 11) is 0. The van der Waals surface area contributed by atoms with E-state index in [4.69, 9.17) is 21.7 Å². The normalized spacial score (nSPS) is 16.6. The lowest BCUT2D eigenvalue weighted by Crippen LogP contribution is -2.46. The van der Waals surface area contributed by atoms with E-state index in [9.17, 15) is 0 Å². The lowest BCUT2D eigenvalue weighted by molar-refractivity contribution is 0.396. The Labute approximate surface area is 189 Å². The van der Waals surface area contributed by atoms with Crippen molar-refractivity contribution < 1.29 is 4.52 Å². The van der Waals surface area contributed by atoms with Gasteiger partial charge in [0.15, 0.2) is 5.11 Å². The smallest absolute Gasteiger partial charge is 0.258 e. The van der Waals surface area contributed by atoms with Gasteiger partial charge >= 0.3 is 0 Å². The number of rotatable bonds is 6. The molecule has 6 heteroatoms. The van der Waals surface area contributed by atoms with E-state index in [1.165, 1.54) is 11.1 Å². The van der Waals surface area contributed by atoms with E-state index in [-0.39, 0.29) is 6.04 Å². The zero-order chi connectivity index (χ0) is 22.0. The molecule has 0 spiro atoms. The minimum atomic E-state index is -0.141. The first kappa shape index (κ1) is 21.2. The lowest BCUT2D eigenvalue weighted by atomic mass is 9.94. The molecule has 5 nitrogen and oxygen atoms in total. The Morgan fingerprint density at radius 1 is 1.03 bits per heavy atom. The van der Waals surface area contributed by atoms with E-state index in [1.54, 1.807) is 0 Å². The fraction of sp³-hybridized carbons (Fsp3) is 0.320. The van der Waals surface area contributed by atoms with Gasteiger partial charge in [0, 0.05) is 17.8 Å². The quantitative estimate of drug-likeness (QED) is 0.506. The van der Waals surface area contributed by atoms with Crippen molar-refractivity contribution in [2.75, 3.05) is 6.54 Å². The van der Waals surface area contributed by atoms with Crippen LogP contribution in [0.4, 0.5) is 0 Å². The first-order valence-corrected chi connectivity index (χ1v) is 11.2. The predicted molar refractivity (Wildman–Crippen MR) is 128 cm³/mol. The molecule has 1 aliphatic rings. The van der Waals surface area contributed by atoms with Gasteiger partial charge in [-0.15, -0.1) is 0 Å². The standard InChI is InChI=1S/C25H28N4OS/c1-5-15-29-17(4)21(22(26-25(29)31)19-13-9-18(6-2)10-14-19)24-27-23(28-30-24)20-11-7-16(3)8-12-20/h7-14,22H,5-6,15H2,1-4H3,(H,26,31). The van der Waals surface area contributed by atoms with E-state index >= 15 is 0 Å². The van der Waals surface area contributed by atoms with Crippen LogP contribution in [-0.4, -0.2) is 26.7 Å². The van der Waals surface area contributed by atoms with Gasteiger partial charge in [-0.1, -0.05) is 73.1 Å². The van der Waals surface area contributed by atoms with Gasteiger partial charge in [-0.2, -0.15) is 4.98 Å². The van der Waals surface area contributed by atoms with Gasteiger partial charge in [0.05, 0.1) is 11.6 Å². The Morgan fingerprint density at radius 3 is 2.39 bits per heavy atom. The maximum Gasteiger partial charge on any atom is 0.258 e. The monoisotopic (exact) mass is 432 g/mol. The second kappa shape index (κ2) is 9.02. The number of thiocarbonyl (C=S) groups is 1. The average molecular weight is 433 g/mol. The van der Waals surface area contributed by atoms with Crippen LogP contribution in [0.1, 0.15) is 55.8 Å². The third kappa shape index (κ3) is 4.26. The number of aryl methyl sites for hydroxylation is 2. The van der Waals surface area contributed by atoms with Crippen molar-refractivity contribution in [3.8, 4) is 11.4 Å². The van der Waals surface area contributed by atoms with Gasteiger partial charge < -0.3 is 14.7 Å². The summed E-state index contributed by atoms with van der Waals surface area (Å²) in [5, 5.41) is 8.51. The third-order valence-corrected chi connectivity index (χ3v) is 6.07. The molecule has 1 unspecified atom stereocenters. The summed E-state index contributed by atoms with van der Waals surface area (Å²) in [6.45, 7) is 9.29. The second-order valence-electron chi connectivity index (χ2n) is 7.92. The lowest BCUT2D eigenvalue weighted by Gasteiger charge is -2.37. The van der Waals surface area contributed by atoms with Crippen LogP contribution in [0, 0.1) is 6.92 Å². The molecule has 0 saturated carbocycles. The Balaban J connectivity index is 1.79. The van der Waals surface area contributed by atoms with Gasteiger partial charge in [0.2, 0.25) is 5.82 Å². The maximum atomic E-state index is 5.79. The highest BCUT2D eigenvalue weighted by Gasteiger charge is 2.33. The fourth-order valence-corrected chi connectivity index (χ4v) is 4.25. The van der Waals surface area contributed by atoms with Crippen molar-refractivity contribution in [1.82, 2.24) is 20.4 Å². The molecular weight excluding hydrogens is 404 g/mol. The molecule has 160 valence electrons. The molecule has 31 heavy (non-hydrogen) atoms. The van der Waals surface area contributed by atoms with Crippen molar-refractivity contribution >= 4 is 22.9 Å². The topological polar surface area (TPSA) is 54.2 Å². The number of benzene rings is 2. The number of aromatic nitrogens is 2. The number of allylic oxidation sites excluding steroid dienone is 1. The van der Waals surface area contributed by atoms with Gasteiger partial charge in [0.25, 0.3) is 5.89 Å². The number of hydrogen-bond acceptors (Lipinski definition) is 4. The molecule has 0 aliphatic carbocycles. The molecule has 0 radical (unpaired) electrons. The maximum absolute atomic E-state index is 5.79. The van der Waals surface area contributed by atoms with Crippen molar-refractivity contribution in [3.63, 3.8) is 0 Å². The molecule has 2 heterocycles. The molecule has 1 aliphatic heterocycles. The summed E-state index contributed by atoms with van der Waals surface area (Å²) in [6.07, 6.45) is 1.99. The number of nitrogens with zero attached hydrogens (tertiary/aromatic N) is 3. The molecule has 1 atom stereocenters. The zero-order valence-corrected chi connectivity index (χ0v) is 19.3.